The number of rotatable bonds is 4. The fourth-order valence-electron chi connectivity index (χ4n) is 0.804. The highest BCUT2D eigenvalue weighted by molar-refractivity contribution is 6.18. The molecule has 0 radical (unpaired) electrons. The van der Waals surface area contributed by atoms with Gasteiger partial charge in [-0.1, -0.05) is 6.92 Å². The molecule has 1 aromatic heterocycles. The molecule has 0 aliphatic rings. The van der Waals surface area contributed by atoms with Crippen molar-refractivity contribution in [3.05, 3.63) is 18.0 Å². The Kier molecular flexibility index (Phi) is 3.96. The molecule has 0 bridgehead atoms. The van der Waals surface area contributed by atoms with Crippen LogP contribution in [-0.4, -0.2) is 22.4 Å². The zero-order chi connectivity index (χ0) is 9.68. The third-order valence-electron chi connectivity index (χ3n) is 1.65. The third-order valence-corrected chi connectivity index (χ3v) is 2.18. The van der Waals surface area contributed by atoms with Crippen molar-refractivity contribution in [3.63, 3.8) is 0 Å². The Hall–Kier alpha value is -0.830. The van der Waals surface area contributed by atoms with Crippen molar-refractivity contribution in [1.82, 2.24) is 9.97 Å². The lowest BCUT2D eigenvalue weighted by Gasteiger charge is -2.08. The van der Waals surface area contributed by atoms with Gasteiger partial charge in [0, 0.05) is 24.8 Å². The maximum Gasteiger partial charge on any atom is 0.222 e. The lowest BCUT2D eigenvalue weighted by atomic mass is 10.2. The zero-order valence-corrected chi connectivity index (χ0v) is 8.67. The van der Waals surface area contributed by atoms with Gasteiger partial charge in [0.05, 0.1) is 0 Å². The van der Waals surface area contributed by atoms with Crippen LogP contribution in [0.15, 0.2) is 12.4 Å². The second-order valence-electron chi connectivity index (χ2n) is 3.22. The monoisotopic (exact) mass is 199 g/mol. The lowest BCUT2D eigenvalue weighted by molar-refractivity contribution is 0.692. The van der Waals surface area contributed by atoms with Crippen LogP contribution in [0.5, 0.6) is 0 Å². The quantitative estimate of drug-likeness (QED) is 0.755. The first-order valence-electron chi connectivity index (χ1n) is 4.31. The van der Waals surface area contributed by atoms with Crippen molar-refractivity contribution < 1.29 is 0 Å². The number of nitrogens with one attached hydrogen (secondary N) is 1. The summed E-state index contributed by atoms with van der Waals surface area (Å²) < 4.78 is 0. The molecule has 1 N–H and O–H groups in total. The van der Waals surface area contributed by atoms with Gasteiger partial charge >= 0.3 is 0 Å². The Morgan fingerprint density at radius 3 is 2.62 bits per heavy atom. The molecule has 0 fully saturated rings. The Morgan fingerprint density at radius 2 is 2.08 bits per heavy atom. The number of nitrogens with zero attached hydrogens (tertiary/aromatic N) is 2. The second kappa shape index (κ2) is 5.02. The van der Waals surface area contributed by atoms with Crippen LogP contribution in [0.4, 0.5) is 5.95 Å². The Bertz CT molecular complexity index is 248. The van der Waals surface area contributed by atoms with Gasteiger partial charge in [0.25, 0.3) is 0 Å². The van der Waals surface area contributed by atoms with E-state index in [2.05, 4.69) is 22.2 Å². The predicted molar refractivity (Wildman–Crippen MR) is 55.1 cm³/mol. The fraction of sp³-hybridized carbons (Fsp3) is 0.556. The maximum absolute atomic E-state index is 5.66. The summed E-state index contributed by atoms with van der Waals surface area (Å²) in [6.07, 6.45) is 3.58. The van der Waals surface area contributed by atoms with Gasteiger partial charge in [-0.25, -0.2) is 9.97 Å². The maximum atomic E-state index is 5.66. The first-order chi connectivity index (χ1) is 6.22. The average molecular weight is 200 g/mol. The van der Waals surface area contributed by atoms with Gasteiger partial charge in [0.15, 0.2) is 0 Å². The highest BCUT2D eigenvalue weighted by Crippen LogP contribution is 2.02. The van der Waals surface area contributed by atoms with E-state index in [1.54, 1.807) is 12.4 Å². The van der Waals surface area contributed by atoms with Crippen LogP contribution in [0.25, 0.3) is 0 Å². The smallest absolute Gasteiger partial charge is 0.222 e. The molecule has 4 heteroatoms. The number of aromatic nitrogens is 2. The van der Waals surface area contributed by atoms with Crippen molar-refractivity contribution in [2.75, 3.05) is 17.7 Å². The molecule has 1 heterocycles. The van der Waals surface area contributed by atoms with Crippen LogP contribution in [0.2, 0.25) is 0 Å². The summed E-state index contributed by atoms with van der Waals surface area (Å²) in [7, 11) is 0. The molecule has 13 heavy (non-hydrogen) atoms. The van der Waals surface area contributed by atoms with E-state index in [4.69, 9.17) is 11.6 Å². The normalized spacial score (nSPS) is 12.5. The number of halogens is 1. The Balaban J connectivity index is 2.41. The topological polar surface area (TPSA) is 37.8 Å². The largest absolute Gasteiger partial charge is 0.354 e. The minimum absolute atomic E-state index is 0.437. The molecule has 0 spiro atoms. The summed E-state index contributed by atoms with van der Waals surface area (Å²) in [5.74, 6) is 1.76. The number of anilines is 1. The summed E-state index contributed by atoms with van der Waals surface area (Å²) in [6, 6.07) is 0. The van der Waals surface area contributed by atoms with Crippen LogP contribution in [0.3, 0.4) is 0 Å². The van der Waals surface area contributed by atoms with Gasteiger partial charge in [-0.15, -0.1) is 11.6 Å². The SMILES string of the molecule is Cc1cnc(NCC(C)CCl)nc1. The highest BCUT2D eigenvalue weighted by atomic mass is 35.5. The number of alkyl halides is 1. The fourth-order valence-corrected chi connectivity index (χ4v) is 0.913. The highest BCUT2D eigenvalue weighted by Gasteiger charge is 2.00. The first kappa shape index (κ1) is 10.3. The van der Waals surface area contributed by atoms with Gasteiger partial charge in [0.2, 0.25) is 5.95 Å². The molecule has 1 aromatic rings. The van der Waals surface area contributed by atoms with Gasteiger partial charge in [-0.3, -0.25) is 0 Å². The van der Waals surface area contributed by atoms with Crippen LogP contribution in [0.1, 0.15) is 12.5 Å². The molecule has 0 amide bonds. The Morgan fingerprint density at radius 1 is 1.46 bits per heavy atom. The van der Waals surface area contributed by atoms with Crippen molar-refractivity contribution in [1.29, 1.82) is 0 Å². The summed E-state index contributed by atoms with van der Waals surface area (Å²) in [5, 5.41) is 3.12. The van der Waals surface area contributed by atoms with Crippen molar-refractivity contribution in [3.8, 4) is 0 Å². The predicted octanol–water partition coefficient (Wildman–Crippen LogP) is 2.07. The van der Waals surface area contributed by atoms with Gasteiger partial charge in [-0.05, 0) is 18.4 Å². The van der Waals surface area contributed by atoms with E-state index in [-0.39, 0.29) is 0 Å². The summed E-state index contributed by atoms with van der Waals surface area (Å²) in [4.78, 5) is 8.24. The molecule has 1 unspecified atom stereocenters. The standard InChI is InChI=1S/C9H14ClN3/c1-7(3-10)4-11-9-12-5-8(2)6-13-9/h5-7H,3-4H2,1-2H3,(H,11,12,13). The van der Waals surface area contributed by atoms with Crippen LogP contribution < -0.4 is 5.32 Å². The van der Waals surface area contributed by atoms with Gasteiger partial charge in [0.1, 0.15) is 0 Å². The van der Waals surface area contributed by atoms with Crippen molar-refractivity contribution in [2.24, 2.45) is 5.92 Å². The van der Waals surface area contributed by atoms with Crippen molar-refractivity contribution in [2.45, 2.75) is 13.8 Å². The van der Waals surface area contributed by atoms with E-state index in [0.717, 1.165) is 12.1 Å². The van der Waals surface area contributed by atoms with E-state index < -0.39 is 0 Å². The van der Waals surface area contributed by atoms with E-state index >= 15 is 0 Å². The molecule has 1 atom stereocenters. The summed E-state index contributed by atoms with van der Waals surface area (Å²) >= 11 is 5.66. The molecule has 0 saturated heterocycles. The minimum Gasteiger partial charge on any atom is -0.354 e. The average Bonchev–Trinajstić information content (AvgIpc) is 2.16. The second-order valence-corrected chi connectivity index (χ2v) is 3.53. The number of hydrogen-bond acceptors (Lipinski definition) is 3. The van der Waals surface area contributed by atoms with Crippen LogP contribution >= 0.6 is 11.6 Å². The van der Waals surface area contributed by atoms with E-state index in [0.29, 0.717) is 17.7 Å². The van der Waals surface area contributed by atoms with Gasteiger partial charge < -0.3 is 5.32 Å². The first-order valence-corrected chi connectivity index (χ1v) is 4.84. The molecular weight excluding hydrogens is 186 g/mol. The summed E-state index contributed by atoms with van der Waals surface area (Å²) in [5.41, 5.74) is 1.07. The van der Waals surface area contributed by atoms with Crippen molar-refractivity contribution >= 4 is 17.5 Å². The van der Waals surface area contributed by atoms with Crippen LogP contribution in [-0.2, 0) is 0 Å². The molecule has 1 rings (SSSR count). The molecule has 0 aromatic carbocycles. The molecule has 0 saturated carbocycles. The minimum atomic E-state index is 0.437. The van der Waals surface area contributed by atoms with Crippen LogP contribution in [0, 0.1) is 12.8 Å². The zero-order valence-electron chi connectivity index (χ0n) is 7.92. The van der Waals surface area contributed by atoms with E-state index in [1.807, 2.05) is 6.92 Å². The molecule has 0 aliphatic carbocycles. The summed E-state index contributed by atoms with van der Waals surface area (Å²) in [6.45, 7) is 4.85. The lowest BCUT2D eigenvalue weighted by Crippen LogP contribution is -2.14. The van der Waals surface area contributed by atoms with E-state index in [9.17, 15) is 0 Å². The van der Waals surface area contributed by atoms with Gasteiger partial charge in [-0.2, -0.15) is 0 Å². The molecule has 3 nitrogen and oxygen atoms in total. The van der Waals surface area contributed by atoms with E-state index in [1.165, 1.54) is 0 Å². The molecule has 0 aliphatic heterocycles. The molecular formula is C9H14ClN3. The Labute approximate surface area is 83.5 Å². The number of aryl methyl sites for hydroxylation is 1. The molecule has 72 valence electrons. The number of hydrogen-bond donors (Lipinski definition) is 1. The third kappa shape index (κ3) is 3.59.